The molecule has 0 radical (unpaired) electrons. The third-order valence-corrected chi connectivity index (χ3v) is 3.30. The van der Waals surface area contributed by atoms with Crippen molar-refractivity contribution in [3.63, 3.8) is 0 Å². The lowest BCUT2D eigenvalue weighted by Crippen LogP contribution is -2.13. The third-order valence-electron chi connectivity index (χ3n) is 3.30. The molecule has 1 aromatic carbocycles. The topological polar surface area (TPSA) is 52.3 Å². The number of methoxy groups -OCH3 is 1. The van der Waals surface area contributed by atoms with Gasteiger partial charge in [0, 0.05) is 11.1 Å². The molecule has 1 aromatic heterocycles. The summed E-state index contributed by atoms with van der Waals surface area (Å²) in [7, 11) is 1.65. The zero-order valence-corrected chi connectivity index (χ0v) is 12.5. The third kappa shape index (κ3) is 2.46. The maximum atomic E-state index is 11.2. The van der Waals surface area contributed by atoms with Gasteiger partial charge in [-0.1, -0.05) is 25.9 Å². The minimum atomic E-state index is -0.0717. The van der Waals surface area contributed by atoms with Crippen molar-refractivity contribution in [1.29, 1.82) is 0 Å². The Morgan fingerprint density at radius 1 is 1.30 bits per heavy atom. The number of ether oxygens (including phenoxy) is 1. The minimum Gasteiger partial charge on any atom is -0.496 e. The fourth-order valence-corrected chi connectivity index (χ4v) is 2.16. The SMILES string of the molecule is COc1ccc(-c2onc(C)c2C=O)cc1C(C)(C)C. The highest BCUT2D eigenvalue weighted by Crippen LogP contribution is 2.35. The zero-order chi connectivity index (χ0) is 14.9. The molecule has 1 heterocycles. The predicted molar refractivity (Wildman–Crippen MR) is 77.3 cm³/mol. The van der Waals surface area contributed by atoms with Gasteiger partial charge in [-0.15, -0.1) is 0 Å². The first-order chi connectivity index (χ1) is 9.38. The van der Waals surface area contributed by atoms with Crippen LogP contribution in [0.3, 0.4) is 0 Å². The summed E-state index contributed by atoms with van der Waals surface area (Å²) in [5.74, 6) is 1.33. The highest BCUT2D eigenvalue weighted by molar-refractivity contribution is 5.86. The van der Waals surface area contributed by atoms with Gasteiger partial charge in [0.1, 0.15) is 5.75 Å². The van der Waals surface area contributed by atoms with Crippen molar-refractivity contribution in [2.45, 2.75) is 33.1 Å². The number of aldehydes is 1. The maximum absolute atomic E-state index is 11.2. The molecule has 20 heavy (non-hydrogen) atoms. The van der Waals surface area contributed by atoms with E-state index in [0.29, 0.717) is 17.0 Å². The van der Waals surface area contributed by atoms with Crippen LogP contribution in [0.25, 0.3) is 11.3 Å². The summed E-state index contributed by atoms with van der Waals surface area (Å²) in [4.78, 5) is 11.2. The number of rotatable bonds is 3. The number of hydrogen-bond donors (Lipinski definition) is 0. The van der Waals surface area contributed by atoms with Crippen LogP contribution in [0.15, 0.2) is 22.7 Å². The van der Waals surface area contributed by atoms with Crippen LogP contribution in [-0.4, -0.2) is 18.6 Å². The number of carbonyl (C=O) groups is 1. The van der Waals surface area contributed by atoms with E-state index in [0.717, 1.165) is 23.2 Å². The number of hydrogen-bond acceptors (Lipinski definition) is 4. The minimum absolute atomic E-state index is 0.0717. The summed E-state index contributed by atoms with van der Waals surface area (Å²) >= 11 is 0. The van der Waals surface area contributed by atoms with E-state index < -0.39 is 0 Å². The Hall–Kier alpha value is -2.10. The number of benzene rings is 1. The smallest absolute Gasteiger partial charge is 0.177 e. The molecular weight excluding hydrogens is 254 g/mol. The molecule has 0 atom stereocenters. The van der Waals surface area contributed by atoms with E-state index in [4.69, 9.17) is 9.26 Å². The molecule has 0 saturated heterocycles. The van der Waals surface area contributed by atoms with Gasteiger partial charge in [-0.05, 0) is 30.5 Å². The average Bonchev–Trinajstić information content (AvgIpc) is 2.78. The Balaban J connectivity index is 2.62. The van der Waals surface area contributed by atoms with Gasteiger partial charge in [0.2, 0.25) is 0 Å². The van der Waals surface area contributed by atoms with E-state index in [2.05, 4.69) is 25.9 Å². The number of nitrogens with zero attached hydrogens (tertiary/aromatic N) is 1. The van der Waals surface area contributed by atoms with Gasteiger partial charge < -0.3 is 9.26 Å². The van der Waals surface area contributed by atoms with Crippen LogP contribution < -0.4 is 4.74 Å². The first-order valence-electron chi connectivity index (χ1n) is 6.49. The van der Waals surface area contributed by atoms with E-state index in [9.17, 15) is 4.79 Å². The Labute approximate surface area is 118 Å². The zero-order valence-electron chi connectivity index (χ0n) is 12.5. The molecule has 0 aliphatic heterocycles. The van der Waals surface area contributed by atoms with Crippen molar-refractivity contribution in [2.24, 2.45) is 0 Å². The Kier molecular flexibility index (Phi) is 3.66. The summed E-state index contributed by atoms with van der Waals surface area (Å²) < 4.78 is 10.7. The number of carbonyl (C=O) groups excluding carboxylic acids is 1. The van der Waals surface area contributed by atoms with Crippen molar-refractivity contribution >= 4 is 6.29 Å². The van der Waals surface area contributed by atoms with Gasteiger partial charge in [0.25, 0.3) is 0 Å². The molecule has 0 unspecified atom stereocenters. The van der Waals surface area contributed by atoms with Crippen LogP contribution in [-0.2, 0) is 5.41 Å². The van der Waals surface area contributed by atoms with Gasteiger partial charge in [0.15, 0.2) is 12.0 Å². The van der Waals surface area contributed by atoms with Gasteiger partial charge in [-0.3, -0.25) is 4.79 Å². The second-order valence-electron chi connectivity index (χ2n) is 5.79. The highest BCUT2D eigenvalue weighted by atomic mass is 16.5. The van der Waals surface area contributed by atoms with E-state index in [1.165, 1.54) is 0 Å². The van der Waals surface area contributed by atoms with Gasteiger partial charge in [0.05, 0.1) is 18.4 Å². The number of aromatic nitrogens is 1. The van der Waals surface area contributed by atoms with Crippen molar-refractivity contribution in [3.05, 3.63) is 35.0 Å². The molecule has 0 fully saturated rings. The molecule has 4 heteroatoms. The second-order valence-corrected chi connectivity index (χ2v) is 5.79. The average molecular weight is 273 g/mol. The first kappa shape index (κ1) is 14.3. The molecule has 106 valence electrons. The first-order valence-corrected chi connectivity index (χ1v) is 6.49. The molecule has 0 bridgehead atoms. The Morgan fingerprint density at radius 2 is 2.00 bits per heavy atom. The van der Waals surface area contributed by atoms with Crippen LogP contribution in [0.1, 0.15) is 42.4 Å². The lowest BCUT2D eigenvalue weighted by Gasteiger charge is -2.22. The molecule has 2 rings (SSSR count). The largest absolute Gasteiger partial charge is 0.496 e. The van der Waals surface area contributed by atoms with Crippen molar-refractivity contribution in [1.82, 2.24) is 5.16 Å². The van der Waals surface area contributed by atoms with E-state index in [-0.39, 0.29) is 5.41 Å². The summed E-state index contributed by atoms with van der Waals surface area (Å²) in [6, 6.07) is 5.76. The second kappa shape index (κ2) is 5.12. The van der Waals surface area contributed by atoms with Gasteiger partial charge in [-0.2, -0.15) is 0 Å². The molecule has 0 aliphatic rings. The summed E-state index contributed by atoms with van der Waals surface area (Å²) in [5.41, 5.74) is 2.91. The fraction of sp³-hybridized carbons (Fsp3) is 0.375. The lowest BCUT2D eigenvalue weighted by molar-refractivity contribution is 0.112. The fourth-order valence-electron chi connectivity index (χ4n) is 2.16. The molecular formula is C16H19NO3. The van der Waals surface area contributed by atoms with Crippen molar-refractivity contribution in [3.8, 4) is 17.1 Å². The maximum Gasteiger partial charge on any atom is 0.177 e. The van der Waals surface area contributed by atoms with Crippen LogP contribution in [0.4, 0.5) is 0 Å². The normalized spacial score (nSPS) is 11.4. The molecule has 0 saturated carbocycles. The summed E-state index contributed by atoms with van der Waals surface area (Å²) in [6.45, 7) is 8.09. The van der Waals surface area contributed by atoms with E-state index >= 15 is 0 Å². The molecule has 2 aromatic rings. The van der Waals surface area contributed by atoms with E-state index in [1.807, 2.05) is 18.2 Å². The van der Waals surface area contributed by atoms with Gasteiger partial charge in [-0.25, -0.2) is 0 Å². The number of aryl methyl sites for hydroxylation is 1. The molecule has 0 N–H and O–H groups in total. The molecule has 0 spiro atoms. The molecule has 0 aliphatic carbocycles. The van der Waals surface area contributed by atoms with E-state index in [1.54, 1.807) is 14.0 Å². The summed E-state index contributed by atoms with van der Waals surface area (Å²) in [6.07, 6.45) is 0.780. The van der Waals surface area contributed by atoms with Crippen LogP contribution in [0.5, 0.6) is 5.75 Å². The summed E-state index contributed by atoms with van der Waals surface area (Å²) in [5, 5.41) is 3.86. The van der Waals surface area contributed by atoms with Crippen LogP contribution in [0, 0.1) is 6.92 Å². The molecule has 4 nitrogen and oxygen atoms in total. The van der Waals surface area contributed by atoms with Crippen LogP contribution >= 0.6 is 0 Å². The highest BCUT2D eigenvalue weighted by Gasteiger charge is 2.22. The monoisotopic (exact) mass is 273 g/mol. The quantitative estimate of drug-likeness (QED) is 0.799. The van der Waals surface area contributed by atoms with Crippen LogP contribution in [0.2, 0.25) is 0 Å². The Morgan fingerprint density at radius 3 is 2.55 bits per heavy atom. The Bertz CT molecular complexity index is 636. The lowest BCUT2D eigenvalue weighted by atomic mass is 9.85. The predicted octanol–water partition coefficient (Wildman–Crippen LogP) is 3.77. The van der Waals surface area contributed by atoms with Gasteiger partial charge >= 0.3 is 0 Å². The standard InChI is InChI=1S/C16H19NO3/c1-10-12(9-18)15(20-17-10)11-6-7-14(19-5)13(8-11)16(2,3)4/h6-9H,1-5H3. The molecule has 0 amide bonds. The van der Waals surface area contributed by atoms with Crippen molar-refractivity contribution in [2.75, 3.05) is 7.11 Å². The van der Waals surface area contributed by atoms with Crippen molar-refractivity contribution < 1.29 is 14.1 Å².